The van der Waals surface area contributed by atoms with Crippen molar-refractivity contribution in [2.45, 2.75) is 78.7 Å². The number of fused-ring (bicyclic) bond motifs is 2. The van der Waals surface area contributed by atoms with E-state index in [2.05, 4.69) is 118 Å². The van der Waals surface area contributed by atoms with Gasteiger partial charge in [-0.05, 0) is 109 Å². The molecule has 0 unspecified atom stereocenters. The lowest BCUT2D eigenvalue weighted by Gasteiger charge is -2.31. The Morgan fingerprint density at radius 2 is 1.52 bits per heavy atom. The SMILES string of the molecule is CCN1/C(=C/C2=CC(=C/C=C/C3=CC(=C/c4sc5ccc(Cl)cc5[n+]4CC)/CC(C)(C)C3)/CC(C)(C)C2)Sc2ccc(Cl)cc21.[I-]. The van der Waals surface area contributed by atoms with Crippen LogP contribution < -0.4 is 33.4 Å². The Balaban J connectivity index is 0.00000417. The van der Waals surface area contributed by atoms with E-state index in [0.717, 1.165) is 48.8 Å². The van der Waals surface area contributed by atoms with Gasteiger partial charge in [0, 0.05) is 33.6 Å². The number of rotatable bonds is 6. The predicted molar refractivity (Wildman–Crippen MR) is 199 cm³/mol. The lowest BCUT2D eigenvalue weighted by molar-refractivity contribution is -0.665. The van der Waals surface area contributed by atoms with Crippen molar-refractivity contribution in [1.82, 2.24) is 0 Å². The molecule has 46 heavy (non-hydrogen) atoms. The first-order chi connectivity index (χ1) is 21.4. The molecule has 1 aromatic heterocycles. The summed E-state index contributed by atoms with van der Waals surface area (Å²) in [5.41, 5.74) is 8.42. The molecule has 2 heterocycles. The van der Waals surface area contributed by atoms with Crippen LogP contribution in [0, 0.1) is 10.8 Å². The zero-order valence-electron chi connectivity index (χ0n) is 27.6. The molecule has 7 heteroatoms. The Kier molecular flexibility index (Phi) is 11.1. The highest BCUT2D eigenvalue weighted by atomic mass is 127. The molecule has 0 bridgehead atoms. The van der Waals surface area contributed by atoms with Crippen molar-refractivity contribution in [2.75, 3.05) is 11.4 Å². The zero-order valence-corrected chi connectivity index (χ0v) is 32.9. The number of halogens is 3. The van der Waals surface area contributed by atoms with Crippen LogP contribution in [0.2, 0.25) is 10.0 Å². The highest BCUT2D eigenvalue weighted by Gasteiger charge is 2.29. The maximum atomic E-state index is 6.35. The maximum Gasteiger partial charge on any atom is 0.263 e. The van der Waals surface area contributed by atoms with Crippen LogP contribution in [0.1, 0.15) is 72.2 Å². The third-order valence-electron chi connectivity index (χ3n) is 8.73. The molecule has 6 rings (SSSR count). The van der Waals surface area contributed by atoms with E-state index in [0.29, 0.717) is 0 Å². The summed E-state index contributed by atoms with van der Waals surface area (Å²) in [4.78, 5) is 3.66. The lowest BCUT2D eigenvalue weighted by atomic mass is 9.74. The smallest absolute Gasteiger partial charge is 0.263 e. The second-order valence-corrected chi connectivity index (χ2v) is 17.0. The first kappa shape index (κ1) is 35.5. The van der Waals surface area contributed by atoms with Gasteiger partial charge in [0.1, 0.15) is 11.2 Å². The first-order valence-electron chi connectivity index (χ1n) is 16.0. The van der Waals surface area contributed by atoms with Gasteiger partial charge in [0.05, 0.1) is 10.7 Å². The molecule has 2 aliphatic carbocycles. The molecular formula is C39H43Cl2IN2S2. The number of aromatic nitrogens is 1. The van der Waals surface area contributed by atoms with Gasteiger partial charge in [-0.3, -0.25) is 0 Å². The molecule has 0 spiro atoms. The molecule has 0 atom stereocenters. The Bertz CT molecular complexity index is 1840. The number of thioether (sulfide) groups is 1. The Labute approximate surface area is 310 Å². The molecule has 0 N–H and O–H groups in total. The molecule has 1 aliphatic heterocycles. The van der Waals surface area contributed by atoms with Gasteiger partial charge in [-0.2, -0.15) is 4.57 Å². The van der Waals surface area contributed by atoms with Crippen molar-refractivity contribution >= 4 is 68.3 Å². The molecule has 3 aromatic rings. The van der Waals surface area contributed by atoms with Crippen molar-refractivity contribution < 1.29 is 28.5 Å². The fourth-order valence-corrected chi connectivity index (χ4v) is 9.74. The molecule has 0 amide bonds. The van der Waals surface area contributed by atoms with E-state index in [1.165, 1.54) is 53.1 Å². The minimum absolute atomic E-state index is 0. The highest BCUT2D eigenvalue weighted by molar-refractivity contribution is 8.03. The van der Waals surface area contributed by atoms with Crippen molar-refractivity contribution in [3.8, 4) is 0 Å². The predicted octanol–water partition coefficient (Wildman–Crippen LogP) is 9.35. The van der Waals surface area contributed by atoms with Gasteiger partial charge in [0.25, 0.3) is 5.01 Å². The monoisotopic (exact) mass is 800 g/mol. The molecule has 0 saturated carbocycles. The number of hydrogen-bond donors (Lipinski definition) is 0. The molecule has 0 radical (unpaired) electrons. The van der Waals surface area contributed by atoms with Crippen molar-refractivity contribution in [3.63, 3.8) is 0 Å². The van der Waals surface area contributed by atoms with Crippen molar-refractivity contribution in [2.24, 2.45) is 10.8 Å². The van der Waals surface area contributed by atoms with Crippen LogP contribution >= 0.6 is 46.3 Å². The minimum atomic E-state index is 0. The standard InChI is InChI=1S/C39H43Cl2N2S2.HI/c1-7-42-32-20-30(40)12-14-34(32)44-36(42)18-28-16-26(22-38(3,4)24-28)10-9-11-27-17-29(25-39(5,6)23-27)19-37-43(8-2)33-21-31(41)13-15-35(33)45-37;/h9-21H,7-8,22-25H2,1-6H3;1H/q+1;/p-1. The van der Waals surface area contributed by atoms with Crippen LogP contribution in [0.5, 0.6) is 0 Å². The van der Waals surface area contributed by atoms with Gasteiger partial charge < -0.3 is 28.9 Å². The van der Waals surface area contributed by atoms with E-state index in [-0.39, 0.29) is 34.8 Å². The Morgan fingerprint density at radius 1 is 0.848 bits per heavy atom. The highest BCUT2D eigenvalue weighted by Crippen LogP contribution is 2.48. The van der Waals surface area contributed by atoms with Gasteiger partial charge in [0.15, 0.2) is 0 Å². The first-order valence-corrected chi connectivity index (χ1v) is 18.4. The molecule has 3 aliphatic rings. The van der Waals surface area contributed by atoms with E-state index in [4.69, 9.17) is 23.2 Å². The number of benzene rings is 2. The van der Waals surface area contributed by atoms with E-state index in [1.807, 2.05) is 35.2 Å². The number of nitrogens with zero attached hydrogens (tertiary/aromatic N) is 2. The average Bonchev–Trinajstić information content (AvgIpc) is 3.46. The van der Waals surface area contributed by atoms with Crippen molar-refractivity contribution in [3.05, 3.63) is 115 Å². The summed E-state index contributed by atoms with van der Waals surface area (Å²) < 4.78 is 3.66. The van der Waals surface area contributed by atoms with Gasteiger partial charge in [0.2, 0.25) is 5.52 Å². The van der Waals surface area contributed by atoms with Crippen LogP contribution in [-0.2, 0) is 6.54 Å². The van der Waals surface area contributed by atoms with Gasteiger partial charge >= 0.3 is 0 Å². The maximum absolute atomic E-state index is 6.35. The van der Waals surface area contributed by atoms with Crippen LogP contribution in [-0.4, -0.2) is 6.54 Å². The minimum Gasteiger partial charge on any atom is -1.00 e. The molecular weight excluding hydrogens is 758 g/mol. The zero-order chi connectivity index (χ0) is 31.9. The summed E-state index contributed by atoms with van der Waals surface area (Å²) in [6.07, 6.45) is 20.9. The Hall–Kier alpha value is -1.77. The van der Waals surface area contributed by atoms with E-state index >= 15 is 0 Å². The number of aryl methyl sites for hydroxylation is 1. The molecule has 242 valence electrons. The summed E-state index contributed by atoms with van der Waals surface area (Å²) in [6, 6.07) is 12.4. The molecule has 2 nitrogen and oxygen atoms in total. The quantitative estimate of drug-likeness (QED) is 0.181. The third kappa shape index (κ3) is 8.08. The van der Waals surface area contributed by atoms with Crippen LogP contribution in [0.15, 0.2) is 105 Å². The lowest BCUT2D eigenvalue weighted by Crippen LogP contribution is -3.00. The second kappa shape index (κ2) is 14.4. The second-order valence-electron chi connectivity index (χ2n) is 14.0. The molecule has 0 fully saturated rings. The third-order valence-corrected chi connectivity index (χ3v) is 11.4. The largest absolute Gasteiger partial charge is 1.00 e. The number of hydrogen-bond acceptors (Lipinski definition) is 3. The Morgan fingerprint density at radius 3 is 2.26 bits per heavy atom. The topological polar surface area (TPSA) is 7.12 Å². The van der Waals surface area contributed by atoms with Gasteiger partial charge in [-0.1, -0.05) is 104 Å². The van der Waals surface area contributed by atoms with E-state index < -0.39 is 0 Å². The van der Waals surface area contributed by atoms with E-state index in [9.17, 15) is 0 Å². The average molecular weight is 802 g/mol. The van der Waals surface area contributed by atoms with Crippen LogP contribution in [0.4, 0.5) is 5.69 Å². The van der Waals surface area contributed by atoms with Gasteiger partial charge in [-0.25, -0.2) is 0 Å². The molecule has 2 aromatic carbocycles. The summed E-state index contributed by atoms with van der Waals surface area (Å²) in [6.45, 7) is 15.8. The summed E-state index contributed by atoms with van der Waals surface area (Å²) >= 11 is 16.4. The summed E-state index contributed by atoms with van der Waals surface area (Å²) in [7, 11) is 0. The number of anilines is 1. The fraction of sp³-hybridized carbons (Fsp3) is 0.359. The summed E-state index contributed by atoms with van der Waals surface area (Å²) in [5, 5.41) is 4.15. The molecule has 0 saturated heterocycles. The number of allylic oxidation sites excluding steroid dienone is 10. The van der Waals surface area contributed by atoms with Crippen LogP contribution in [0.3, 0.4) is 0 Å². The summed E-state index contributed by atoms with van der Waals surface area (Å²) in [5.74, 6) is 0. The number of thiazole rings is 1. The normalized spacial score (nSPS) is 21.7. The van der Waals surface area contributed by atoms with E-state index in [1.54, 1.807) is 0 Å². The van der Waals surface area contributed by atoms with Gasteiger partial charge in [-0.15, -0.1) is 0 Å². The fourth-order valence-electron chi connectivity index (χ4n) is 7.04. The van der Waals surface area contributed by atoms with Crippen LogP contribution in [0.25, 0.3) is 16.3 Å². The van der Waals surface area contributed by atoms with Crippen molar-refractivity contribution in [1.29, 1.82) is 0 Å².